The molecule has 0 bridgehead atoms. The van der Waals surface area contributed by atoms with Gasteiger partial charge in [-0.1, -0.05) is 12.1 Å². The van der Waals surface area contributed by atoms with Crippen molar-refractivity contribution in [2.45, 2.75) is 44.7 Å². The van der Waals surface area contributed by atoms with E-state index in [9.17, 15) is 0 Å². The minimum atomic E-state index is 0.702. The SMILES string of the molecule is CN(CC1CC12CCN(Cc1nc3ccccc3s1)CC2)C1CC1. The number of benzene rings is 1. The molecule has 24 heavy (non-hydrogen) atoms. The summed E-state index contributed by atoms with van der Waals surface area (Å²) in [7, 11) is 2.34. The van der Waals surface area contributed by atoms with Gasteiger partial charge in [-0.05, 0) is 75.7 Å². The number of likely N-dealkylation sites (tertiary alicyclic amines) is 1. The quantitative estimate of drug-likeness (QED) is 0.820. The first-order valence-electron chi connectivity index (χ1n) is 9.49. The Kier molecular flexibility index (Phi) is 3.69. The number of thiazole rings is 1. The van der Waals surface area contributed by atoms with Gasteiger partial charge in [0.1, 0.15) is 5.01 Å². The van der Waals surface area contributed by atoms with Crippen LogP contribution >= 0.6 is 11.3 Å². The van der Waals surface area contributed by atoms with Crippen molar-refractivity contribution in [1.82, 2.24) is 14.8 Å². The number of para-hydroxylation sites is 1. The molecular formula is C20H27N3S. The second-order valence-electron chi connectivity index (χ2n) is 8.29. The zero-order valence-electron chi connectivity index (χ0n) is 14.6. The van der Waals surface area contributed by atoms with Gasteiger partial charge in [-0.3, -0.25) is 4.90 Å². The second kappa shape index (κ2) is 5.79. The lowest BCUT2D eigenvalue weighted by Crippen LogP contribution is -2.35. The van der Waals surface area contributed by atoms with E-state index in [-0.39, 0.29) is 0 Å². The molecule has 2 saturated carbocycles. The van der Waals surface area contributed by atoms with Gasteiger partial charge >= 0.3 is 0 Å². The summed E-state index contributed by atoms with van der Waals surface area (Å²) in [5.74, 6) is 0.979. The summed E-state index contributed by atoms with van der Waals surface area (Å²) in [5, 5.41) is 1.29. The van der Waals surface area contributed by atoms with Crippen molar-refractivity contribution in [2.24, 2.45) is 11.3 Å². The van der Waals surface area contributed by atoms with Crippen LogP contribution in [0.1, 0.15) is 37.1 Å². The third kappa shape index (κ3) is 2.89. The summed E-state index contributed by atoms with van der Waals surface area (Å²) >= 11 is 1.87. The van der Waals surface area contributed by atoms with Crippen LogP contribution in [0.25, 0.3) is 10.2 Å². The van der Waals surface area contributed by atoms with Gasteiger partial charge in [-0.2, -0.15) is 0 Å². The van der Waals surface area contributed by atoms with E-state index in [0.29, 0.717) is 5.41 Å². The van der Waals surface area contributed by atoms with Gasteiger partial charge in [0.05, 0.1) is 16.8 Å². The molecule has 0 amide bonds. The highest BCUT2D eigenvalue weighted by molar-refractivity contribution is 7.18. The Morgan fingerprint density at radius 2 is 2.04 bits per heavy atom. The Morgan fingerprint density at radius 3 is 2.79 bits per heavy atom. The molecule has 1 atom stereocenters. The van der Waals surface area contributed by atoms with Crippen molar-refractivity contribution >= 4 is 21.6 Å². The first kappa shape index (κ1) is 15.3. The highest BCUT2D eigenvalue weighted by Crippen LogP contribution is 2.59. The fraction of sp³-hybridized carbons (Fsp3) is 0.650. The number of hydrogen-bond acceptors (Lipinski definition) is 4. The molecule has 1 aromatic carbocycles. The van der Waals surface area contributed by atoms with E-state index in [0.717, 1.165) is 24.0 Å². The fourth-order valence-electron chi connectivity index (χ4n) is 4.65. The first-order valence-corrected chi connectivity index (χ1v) is 10.3. The van der Waals surface area contributed by atoms with Crippen molar-refractivity contribution < 1.29 is 0 Å². The van der Waals surface area contributed by atoms with Crippen molar-refractivity contribution in [3.63, 3.8) is 0 Å². The smallest absolute Gasteiger partial charge is 0.108 e. The lowest BCUT2D eigenvalue weighted by Gasteiger charge is -2.33. The molecule has 3 aliphatic rings. The fourth-order valence-corrected chi connectivity index (χ4v) is 5.66. The van der Waals surface area contributed by atoms with Crippen molar-refractivity contribution in [3.05, 3.63) is 29.3 Å². The lowest BCUT2D eigenvalue weighted by atomic mass is 9.90. The standard InChI is InChI=1S/C20H27N3S/c1-22(16-6-7-16)13-15-12-20(15)8-10-23(11-9-20)14-19-21-17-4-2-3-5-18(17)24-19/h2-5,15-16H,6-14H2,1H3. The van der Waals surface area contributed by atoms with Crippen LogP contribution in [0.4, 0.5) is 0 Å². The zero-order valence-corrected chi connectivity index (χ0v) is 15.4. The number of rotatable bonds is 5. The molecule has 3 fully saturated rings. The van der Waals surface area contributed by atoms with Gasteiger partial charge in [0.25, 0.3) is 0 Å². The Bertz CT molecular complexity index is 694. The molecule has 1 unspecified atom stereocenters. The van der Waals surface area contributed by atoms with Gasteiger partial charge in [0.2, 0.25) is 0 Å². The molecule has 128 valence electrons. The Morgan fingerprint density at radius 1 is 1.25 bits per heavy atom. The normalized spacial score (nSPS) is 26.5. The summed E-state index contributed by atoms with van der Waals surface area (Å²) in [6, 6.07) is 9.43. The molecule has 1 saturated heterocycles. The summed E-state index contributed by atoms with van der Waals surface area (Å²) in [4.78, 5) is 10.1. The van der Waals surface area contributed by atoms with Crippen LogP contribution in [0.5, 0.6) is 0 Å². The van der Waals surface area contributed by atoms with Gasteiger partial charge < -0.3 is 4.90 Å². The van der Waals surface area contributed by atoms with Crippen LogP contribution in [-0.4, -0.2) is 47.5 Å². The maximum absolute atomic E-state index is 4.81. The van der Waals surface area contributed by atoms with Gasteiger partial charge in [0, 0.05) is 12.6 Å². The number of piperidine rings is 1. The van der Waals surface area contributed by atoms with Crippen LogP contribution in [0.2, 0.25) is 0 Å². The molecule has 2 heterocycles. The van der Waals surface area contributed by atoms with Crippen LogP contribution in [0.3, 0.4) is 0 Å². The Balaban J connectivity index is 1.16. The predicted molar refractivity (Wildman–Crippen MR) is 100 cm³/mol. The van der Waals surface area contributed by atoms with E-state index < -0.39 is 0 Å². The first-order chi connectivity index (χ1) is 11.7. The largest absolute Gasteiger partial charge is 0.303 e. The van der Waals surface area contributed by atoms with E-state index in [1.165, 1.54) is 61.4 Å². The maximum atomic E-state index is 4.81. The summed E-state index contributed by atoms with van der Waals surface area (Å²) < 4.78 is 1.33. The summed E-state index contributed by atoms with van der Waals surface area (Å²) in [5.41, 5.74) is 1.86. The van der Waals surface area contributed by atoms with Crippen molar-refractivity contribution in [3.8, 4) is 0 Å². The van der Waals surface area contributed by atoms with E-state index >= 15 is 0 Å². The van der Waals surface area contributed by atoms with Gasteiger partial charge in [-0.15, -0.1) is 11.3 Å². The lowest BCUT2D eigenvalue weighted by molar-refractivity contribution is 0.149. The Labute approximate surface area is 148 Å². The average molecular weight is 342 g/mol. The summed E-state index contributed by atoms with van der Waals surface area (Å²) in [6.45, 7) is 4.92. The molecule has 2 aliphatic carbocycles. The molecule has 5 rings (SSSR count). The van der Waals surface area contributed by atoms with E-state index in [4.69, 9.17) is 4.98 Å². The molecule has 0 N–H and O–H groups in total. The molecule has 1 spiro atoms. The molecule has 1 aliphatic heterocycles. The highest BCUT2D eigenvalue weighted by Gasteiger charge is 2.55. The maximum Gasteiger partial charge on any atom is 0.108 e. The van der Waals surface area contributed by atoms with Crippen LogP contribution in [-0.2, 0) is 6.54 Å². The van der Waals surface area contributed by atoms with E-state index in [1.807, 2.05) is 11.3 Å². The minimum absolute atomic E-state index is 0.702. The van der Waals surface area contributed by atoms with Crippen LogP contribution in [0, 0.1) is 11.3 Å². The molecule has 1 aromatic heterocycles. The topological polar surface area (TPSA) is 19.4 Å². The molecule has 2 aromatic rings. The van der Waals surface area contributed by atoms with Crippen molar-refractivity contribution in [1.29, 1.82) is 0 Å². The van der Waals surface area contributed by atoms with Crippen LogP contribution < -0.4 is 0 Å². The Hall–Kier alpha value is -0.970. The number of nitrogens with zero attached hydrogens (tertiary/aromatic N) is 3. The second-order valence-corrected chi connectivity index (χ2v) is 9.40. The zero-order chi connectivity index (χ0) is 16.1. The molecule has 0 radical (unpaired) electrons. The highest BCUT2D eigenvalue weighted by atomic mass is 32.1. The van der Waals surface area contributed by atoms with Gasteiger partial charge in [-0.25, -0.2) is 4.98 Å². The third-order valence-corrected chi connectivity index (χ3v) is 7.61. The predicted octanol–water partition coefficient (Wildman–Crippen LogP) is 3.99. The van der Waals surface area contributed by atoms with E-state index in [2.05, 4.69) is 41.1 Å². The third-order valence-electron chi connectivity index (χ3n) is 6.59. The summed E-state index contributed by atoms with van der Waals surface area (Å²) in [6.07, 6.45) is 7.17. The number of fused-ring (bicyclic) bond motifs is 1. The van der Waals surface area contributed by atoms with Crippen molar-refractivity contribution in [2.75, 3.05) is 26.7 Å². The number of aromatic nitrogens is 1. The average Bonchev–Trinajstić information content (AvgIpc) is 3.49. The molecular weight excluding hydrogens is 314 g/mol. The van der Waals surface area contributed by atoms with Gasteiger partial charge in [0.15, 0.2) is 0 Å². The van der Waals surface area contributed by atoms with E-state index in [1.54, 1.807) is 0 Å². The molecule has 4 heteroatoms. The number of hydrogen-bond donors (Lipinski definition) is 0. The van der Waals surface area contributed by atoms with Crippen LogP contribution in [0.15, 0.2) is 24.3 Å². The molecule has 3 nitrogen and oxygen atoms in total. The monoisotopic (exact) mass is 341 g/mol. The minimum Gasteiger partial charge on any atom is -0.303 e.